The van der Waals surface area contributed by atoms with Gasteiger partial charge in [0.1, 0.15) is 11.9 Å². The number of fused-ring (bicyclic) bond motifs is 1. The summed E-state index contributed by atoms with van der Waals surface area (Å²) in [6.07, 6.45) is 0.365. The largest absolute Gasteiger partial charge is 0.509 e. The smallest absolute Gasteiger partial charge is 0.189 e. The molecule has 0 radical (unpaired) electrons. The highest BCUT2D eigenvalue weighted by Crippen LogP contribution is 2.23. The molecule has 0 aliphatic carbocycles. The van der Waals surface area contributed by atoms with E-state index < -0.39 is 0 Å². The molecule has 4 nitrogen and oxygen atoms in total. The van der Waals surface area contributed by atoms with Crippen LogP contribution in [-0.4, -0.2) is 31.2 Å². The van der Waals surface area contributed by atoms with Crippen molar-refractivity contribution in [2.24, 2.45) is 0 Å². The van der Waals surface area contributed by atoms with Crippen LogP contribution in [0, 0.1) is 0 Å². The Morgan fingerprint density at radius 2 is 2.36 bits per heavy atom. The van der Waals surface area contributed by atoms with E-state index in [1.54, 1.807) is 0 Å². The van der Waals surface area contributed by atoms with Crippen LogP contribution in [0.15, 0.2) is 11.5 Å². The van der Waals surface area contributed by atoms with E-state index in [0.717, 1.165) is 0 Å². The molecule has 0 unspecified atom stereocenters. The zero-order valence-electron chi connectivity index (χ0n) is 6.08. The Kier molecular flexibility index (Phi) is 1.71. The minimum Gasteiger partial charge on any atom is -0.509 e. The molecule has 0 spiro atoms. The van der Waals surface area contributed by atoms with Gasteiger partial charge in [-0.1, -0.05) is 0 Å². The summed E-state index contributed by atoms with van der Waals surface area (Å²) in [6.45, 7) is 1.26. The molecule has 0 saturated carbocycles. The van der Waals surface area contributed by atoms with E-state index in [-0.39, 0.29) is 12.9 Å². The molecule has 11 heavy (non-hydrogen) atoms. The van der Waals surface area contributed by atoms with Crippen molar-refractivity contribution in [1.82, 2.24) is 0 Å². The monoisotopic (exact) mass is 158 g/mol. The molecule has 0 aromatic heterocycles. The number of aliphatic hydroxyl groups excluding tert-OH is 1. The Labute approximate surface area is 64.4 Å². The van der Waals surface area contributed by atoms with Crippen molar-refractivity contribution >= 4 is 0 Å². The van der Waals surface area contributed by atoms with Gasteiger partial charge in [0.05, 0.1) is 13.2 Å². The molecule has 0 aromatic rings. The summed E-state index contributed by atoms with van der Waals surface area (Å²) in [5.74, 6) is 0.868. The zero-order chi connectivity index (χ0) is 7.68. The average Bonchev–Trinajstić information content (AvgIpc) is 2.06. The maximum Gasteiger partial charge on any atom is 0.189 e. The number of aliphatic hydroxyl groups is 1. The summed E-state index contributed by atoms with van der Waals surface area (Å²) in [7, 11) is 0. The minimum absolute atomic E-state index is 0.183. The van der Waals surface area contributed by atoms with Crippen LogP contribution in [0.5, 0.6) is 0 Å². The Hall–Kier alpha value is -0.740. The number of hydrogen-bond donors (Lipinski definition) is 1. The van der Waals surface area contributed by atoms with Crippen molar-refractivity contribution < 1.29 is 19.3 Å². The Morgan fingerprint density at radius 1 is 1.45 bits per heavy atom. The van der Waals surface area contributed by atoms with E-state index in [1.807, 2.05) is 0 Å². The molecule has 1 N–H and O–H groups in total. The molecule has 2 aliphatic rings. The predicted molar refractivity (Wildman–Crippen MR) is 35.9 cm³/mol. The fourth-order valence-corrected chi connectivity index (χ4v) is 1.24. The predicted octanol–water partition coefficient (Wildman–Crippen LogP) is 0.549. The molecular formula is C7H10O4. The molecule has 62 valence electrons. The third-order valence-corrected chi connectivity index (χ3v) is 1.80. The van der Waals surface area contributed by atoms with Crippen LogP contribution in [0.3, 0.4) is 0 Å². The lowest BCUT2D eigenvalue weighted by Gasteiger charge is -2.29. The fourth-order valence-electron chi connectivity index (χ4n) is 1.24. The molecule has 1 atom stereocenters. The Bertz CT molecular complexity index is 187. The van der Waals surface area contributed by atoms with Crippen molar-refractivity contribution in [2.45, 2.75) is 12.5 Å². The molecule has 2 aliphatic heterocycles. The second kappa shape index (κ2) is 2.71. The standard InChI is InChI=1S/C7H10O4/c8-5-1-2-10-6-3-9-4-11-7(5)6/h6,8H,1-4H2/t6-/m1/s1. The van der Waals surface area contributed by atoms with Crippen molar-refractivity contribution in [3.05, 3.63) is 11.5 Å². The van der Waals surface area contributed by atoms with Crippen LogP contribution >= 0.6 is 0 Å². The van der Waals surface area contributed by atoms with Crippen LogP contribution in [0.2, 0.25) is 0 Å². The van der Waals surface area contributed by atoms with E-state index in [9.17, 15) is 5.11 Å². The van der Waals surface area contributed by atoms with Gasteiger partial charge in [0.2, 0.25) is 0 Å². The highest BCUT2D eigenvalue weighted by molar-refractivity contribution is 5.09. The first kappa shape index (κ1) is 6.94. The first-order valence-corrected chi connectivity index (χ1v) is 3.62. The van der Waals surface area contributed by atoms with Gasteiger partial charge in [-0.3, -0.25) is 0 Å². The average molecular weight is 158 g/mol. The number of ether oxygens (including phenoxy) is 3. The van der Waals surface area contributed by atoms with Crippen LogP contribution in [-0.2, 0) is 14.2 Å². The summed E-state index contributed by atoms with van der Waals surface area (Å²) in [5.41, 5.74) is 0. The van der Waals surface area contributed by atoms with Gasteiger partial charge >= 0.3 is 0 Å². The minimum atomic E-state index is -0.183. The summed E-state index contributed by atoms with van der Waals surface area (Å²) < 4.78 is 15.4. The summed E-state index contributed by atoms with van der Waals surface area (Å²) >= 11 is 0. The molecule has 1 fully saturated rings. The topological polar surface area (TPSA) is 47.9 Å². The molecule has 2 rings (SSSR count). The van der Waals surface area contributed by atoms with Gasteiger partial charge < -0.3 is 19.3 Å². The van der Waals surface area contributed by atoms with Crippen LogP contribution in [0.4, 0.5) is 0 Å². The lowest BCUT2D eigenvalue weighted by atomic mass is 10.2. The van der Waals surface area contributed by atoms with Gasteiger partial charge in [-0.25, -0.2) is 0 Å². The first-order chi connectivity index (χ1) is 5.38. The van der Waals surface area contributed by atoms with Crippen molar-refractivity contribution in [2.75, 3.05) is 20.0 Å². The van der Waals surface area contributed by atoms with Gasteiger partial charge in [-0.2, -0.15) is 0 Å². The summed E-state index contributed by atoms with van der Waals surface area (Å²) in [5, 5.41) is 9.32. The fraction of sp³-hybridized carbons (Fsp3) is 0.714. The SMILES string of the molecule is OC1=C2OCOC[C@H]2OCC1. The van der Waals surface area contributed by atoms with E-state index in [1.165, 1.54) is 0 Å². The number of hydrogen-bond acceptors (Lipinski definition) is 4. The second-order valence-corrected chi connectivity index (χ2v) is 2.55. The molecule has 0 amide bonds. The van der Waals surface area contributed by atoms with Crippen LogP contribution in [0.25, 0.3) is 0 Å². The van der Waals surface area contributed by atoms with Crippen molar-refractivity contribution in [1.29, 1.82) is 0 Å². The highest BCUT2D eigenvalue weighted by atomic mass is 16.7. The first-order valence-electron chi connectivity index (χ1n) is 3.62. The maximum atomic E-state index is 9.32. The normalized spacial score (nSPS) is 31.1. The second-order valence-electron chi connectivity index (χ2n) is 2.55. The lowest BCUT2D eigenvalue weighted by molar-refractivity contribution is -0.142. The molecular weight excluding hydrogens is 148 g/mol. The van der Waals surface area contributed by atoms with E-state index in [0.29, 0.717) is 31.2 Å². The molecule has 4 heteroatoms. The summed E-state index contributed by atoms with van der Waals surface area (Å²) in [4.78, 5) is 0. The van der Waals surface area contributed by atoms with E-state index >= 15 is 0 Å². The van der Waals surface area contributed by atoms with Crippen molar-refractivity contribution in [3.63, 3.8) is 0 Å². The quantitative estimate of drug-likeness (QED) is 0.559. The molecule has 0 aromatic carbocycles. The van der Waals surface area contributed by atoms with Gasteiger partial charge in [0, 0.05) is 6.42 Å². The van der Waals surface area contributed by atoms with Crippen LogP contribution in [0.1, 0.15) is 6.42 Å². The third kappa shape index (κ3) is 1.19. The molecule has 0 bridgehead atoms. The van der Waals surface area contributed by atoms with Gasteiger partial charge in [0.15, 0.2) is 12.6 Å². The molecule has 1 saturated heterocycles. The maximum absolute atomic E-state index is 9.32. The van der Waals surface area contributed by atoms with E-state index in [2.05, 4.69) is 0 Å². The van der Waals surface area contributed by atoms with Gasteiger partial charge in [-0.05, 0) is 0 Å². The zero-order valence-corrected chi connectivity index (χ0v) is 6.08. The lowest BCUT2D eigenvalue weighted by Crippen LogP contribution is -2.34. The summed E-state index contributed by atoms with van der Waals surface area (Å²) in [6, 6.07) is 0. The van der Waals surface area contributed by atoms with Gasteiger partial charge in [-0.15, -0.1) is 0 Å². The Balaban J connectivity index is 2.19. The number of rotatable bonds is 0. The Morgan fingerprint density at radius 3 is 3.18 bits per heavy atom. The molecule has 2 heterocycles. The van der Waals surface area contributed by atoms with Crippen molar-refractivity contribution in [3.8, 4) is 0 Å². The van der Waals surface area contributed by atoms with Gasteiger partial charge in [0.25, 0.3) is 0 Å². The highest BCUT2D eigenvalue weighted by Gasteiger charge is 2.28. The van der Waals surface area contributed by atoms with E-state index in [4.69, 9.17) is 14.2 Å². The third-order valence-electron chi connectivity index (χ3n) is 1.80. The van der Waals surface area contributed by atoms with Crippen LogP contribution < -0.4 is 0 Å².